The van der Waals surface area contributed by atoms with E-state index in [4.69, 9.17) is 5.11 Å². The molecular formula is C15H32N2O. The highest BCUT2D eigenvalue weighted by molar-refractivity contribution is 4.89. The smallest absolute Gasteiger partial charge is 0.0443 e. The number of aliphatic hydroxyl groups is 1. The van der Waals surface area contributed by atoms with Crippen LogP contribution in [0.25, 0.3) is 0 Å². The maximum Gasteiger partial charge on any atom is 0.0443 e. The Kier molecular flexibility index (Phi) is 7.87. The molecule has 0 spiro atoms. The predicted molar refractivity (Wildman–Crippen MR) is 77.9 cm³/mol. The fourth-order valence-electron chi connectivity index (χ4n) is 3.16. The standard InChI is InChI=1S/C15H32N2O/c1-3-10-16-13-15(8-5-6-9-15)14-17(4-2)11-7-12-18/h16,18H,3-14H2,1-2H3. The van der Waals surface area contributed by atoms with E-state index in [1.807, 2.05) is 0 Å². The molecule has 2 N–H and O–H groups in total. The molecule has 108 valence electrons. The van der Waals surface area contributed by atoms with Crippen LogP contribution < -0.4 is 5.32 Å². The molecule has 0 saturated heterocycles. The largest absolute Gasteiger partial charge is 0.396 e. The van der Waals surface area contributed by atoms with Crippen molar-refractivity contribution in [3.05, 3.63) is 0 Å². The van der Waals surface area contributed by atoms with Gasteiger partial charge in [-0.15, -0.1) is 0 Å². The molecule has 0 bridgehead atoms. The second-order valence-corrected chi connectivity index (χ2v) is 5.83. The third kappa shape index (κ3) is 5.25. The molecule has 0 radical (unpaired) electrons. The van der Waals surface area contributed by atoms with Crippen molar-refractivity contribution in [3.63, 3.8) is 0 Å². The van der Waals surface area contributed by atoms with Gasteiger partial charge in [-0.3, -0.25) is 0 Å². The van der Waals surface area contributed by atoms with Crippen molar-refractivity contribution in [2.75, 3.05) is 39.3 Å². The SMILES string of the molecule is CCCNCC1(CN(CC)CCCO)CCCC1. The molecule has 0 aromatic carbocycles. The quantitative estimate of drug-likeness (QED) is 0.589. The van der Waals surface area contributed by atoms with E-state index in [0.717, 1.165) is 26.1 Å². The molecule has 1 rings (SSSR count). The van der Waals surface area contributed by atoms with Crippen LogP contribution in [0.1, 0.15) is 52.4 Å². The molecule has 3 nitrogen and oxygen atoms in total. The van der Waals surface area contributed by atoms with Crippen molar-refractivity contribution in [1.82, 2.24) is 10.2 Å². The van der Waals surface area contributed by atoms with E-state index in [1.54, 1.807) is 0 Å². The van der Waals surface area contributed by atoms with E-state index in [9.17, 15) is 0 Å². The summed E-state index contributed by atoms with van der Waals surface area (Å²) in [6.07, 6.45) is 7.67. The first-order valence-electron chi connectivity index (χ1n) is 7.80. The number of nitrogens with one attached hydrogen (secondary N) is 1. The molecule has 1 fully saturated rings. The molecule has 0 aliphatic heterocycles. The van der Waals surface area contributed by atoms with Gasteiger partial charge in [0.25, 0.3) is 0 Å². The van der Waals surface area contributed by atoms with Gasteiger partial charge in [-0.1, -0.05) is 26.7 Å². The fraction of sp³-hybridized carbons (Fsp3) is 1.00. The second-order valence-electron chi connectivity index (χ2n) is 5.83. The minimum absolute atomic E-state index is 0.317. The summed E-state index contributed by atoms with van der Waals surface area (Å²) in [6, 6.07) is 0. The molecule has 0 aromatic rings. The van der Waals surface area contributed by atoms with Crippen LogP contribution in [0.3, 0.4) is 0 Å². The van der Waals surface area contributed by atoms with Gasteiger partial charge in [0.1, 0.15) is 0 Å². The van der Waals surface area contributed by atoms with Crippen molar-refractivity contribution in [3.8, 4) is 0 Å². The van der Waals surface area contributed by atoms with Crippen LogP contribution in [-0.2, 0) is 0 Å². The molecule has 0 heterocycles. The van der Waals surface area contributed by atoms with E-state index >= 15 is 0 Å². The molecule has 0 unspecified atom stereocenters. The van der Waals surface area contributed by atoms with Crippen molar-refractivity contribution < 1.29 is 5.11 Å². The molecule has 0 atom stereocenters. The minimum Gasteiger partial charge on any atom is -0.396 e. The van der Waals surface area contributed by atoms with Gasteiger partial charge in [-0.25, -0.2) is 0 Å². The summed E-state index contributed by atoms with van der Waals surface area (Å²) in [7, 11) is 0. The Morgan fingerprint density at radius 1 is 1.22 bits per heavy atom. The Balaban J connectivity index is 2.43. The first kappa shape index (κ1) is 15.9. The monoisotopic (exact) mass is 256 g/mol. The van der Waals surface area contributed by atoms with E-state index in [-0.39, 0.29) is 0 Å². The van der Waals surface area contributed by atoms with Crippen molar-refractivity contribution in [2.45, 2.75) is 52.4 Å². The highest BCUT2D eigenvalue weighted by Gasteiger charge is 2.34. The van der Waals surface area contributed by atoms with Gasteiger partial charge in [0.2, 0.25) is 0 Å². The molecule has 1 saturated carbocycles. The average Bonchev–Trinajstić information content (AvgIpc) is 2.84. The number of nitrogens with zero attached hydrogens (tertiary/aromatic N) is 1. The minimum atomic E-state index is 0.317. The van der Waals surface area contributed by atoms with E-state index < -0.39 is 0 Å². The normalized spacial score (nSPS) is 18.7. The highest BCUT2D eigenvalue weighted by Crippen LogP contribution is 2.38. The van der Waals surface area contributed by atoms with Crippen LogP contribution in [-0.4, -0.2) is 49.3 Å². The molecule has 0 amide bonds. The lowest BCUT2D eigenvalue weighted by molar-refractivity contribution is 0.143. The molecule has 0 aromatic heterocycles. The summed E-state index contributed by atoms with van der Waals surface area (Å²) in [4.78, 5) is 2.52. The number of aliphatic hydroxyl groups excluding tert-OH is 1. The van der Waals surface area contributed by atoms with Gasteiger partial charge in [-0.2, -0.15) is 0 Å². The van der Waals surface area contributed by atoms with Gasteiger partial charge in [-0.05, 0) is 44.2 Å². The van der Waals surface area contributed by atoms with E-state index in [0.29, 0.717) is 12.0 Å². The Hall–Kier alpha value is -0.120. The Morgan fingerprint density at radius 2 is 1.94 bits per heavy atom. The lowest BCUT2D eigenvalue weighted by Gasteiger charge is -2.35. The Morgan fingerprint density at radius 3 is 2.50 bits per heavy atom. The number of rotatable bonds is 10. The summed E-state index contributed by atoms with van der Waals surface area (Å²) < 4.78 is 0. The summed E-state index contributed by atoms with van der Waals surface area (Å²) >= 11 is 0. The summed E-state index contributed by atoms with van der Waals surface area (Å²) in [6.45, 7) is 10.5. The highest BCUT2D eigenvalue weighted by atomic mass is 16.3. The Labute approximate surface area is 113 Å². The second kappa shape index (κ2) is 8.89. The van der Waals surface area contributed by atoms with Crippen molar-refractivity contribution in [2.24, 2.45) is 5.41 Å². The average molecular weight is 256 g/mol. The molecule has 1 aliphatic rings. The van der Waals surface area contributed by atoms with Crippen LogP contribution in [0.15, 0.2) is 0 Å². The van der Waals surface area contributed by atoms with Crippen LogP contribution in [0, 0.1) is 5.41 Å². The third-order valence-corrected chi connectivity index (χ3v) is 4.23. The van der Waals surface area contributed by atoms with Crippen LogP contribution in [0.5, 0.6) is 0 Å². The summed E-state index contributed by atoms with van der Waals surface area (Å²) in [5.41, 5.74) is 0.501. The van der Waals surface area contributed by atoms with Crippen LogP contribution >= 0.6 is 0 Å². The van der Waals surface area contributed by atoms with Gasteiger partial charge in [0.05, 0.1) is 0 Å². The topological polar surface area (TPSA) is 35.5 Å². The molecule has 1 aliphatic carbocycles. The summed E-state index contributed by atoms with van der Waals surface area (Å²) in [5.74, 6) is 0. The zero-order valence-electron chi connectivity index (χ0n) is 12.4. The van der Waals surface area contributed by atoms with E-state index in [2.05, 4.69) is 24.1 Å². The van der Waals surface area contributed by atoms with Crippen LogP contribution in [0.4, 0.5) is 0 Å². The van der Waals surface area contributed by atoms with Crippen molar-refractivity contribution >= 4 is 0 Å². The van der Waals surface area contributed by atoms with Gasteiger partial charge < -0.3 is 15.3 Å². The van der Waals surface area contributed by atoms with E-state index in [1.165, 1.54) is 45.2 Å². The summed E-state index contributed by atoms with van der Waals surface area (Å²) in [5, 5.41) is 12.6. The van der Waals surface area contributed by atoms with Crippen molar-refractivity contribution in [1.29, 1.82) is 0 Å². The lowest BCUT2D eigenvalue weighted by Crippen LogP contribution is -2.43. The Bertz CT molecular complexity index is 203. The van der Waals surface area contributed by atoms with Gasteiger partial charge in [0, 0.05) is 26.2 Å². The lowest BCUT2D eigenvalue weighted by atomic mass is 9.85. The predicted octanol–water partition coefficient (Wildman–Crippen LogP) is 2.25. The molecular weight excluding hydrogens is 224 g/mol. The zero-order chi connectivity index (χ0) is 13.3. The third-order valence-electron chi connectivity index (χ3n) is 4.23. The number of hydrogen-bond acceptors (Lipinski definition) is 3. The zero-order valence-corrected chi connectivity index (χ0v) is 12.4. The number of hydrogen-bond donors (Lipinski definition) is 2. The molecule has 18 heavy (non-hydrogen) atoms. The first-order valence-corrected chi connectivity index (χ1v) is 7.80. The van der Waals surface area contributed by atoms with Gasteiger partial charge >= 0.3 is 0 Å². The van der Waals surface area contributed by atoms with Crippen LogP contribution in [0.2, 0.25) is 0 Å². The fourth-order valence-corrected chi connectivity index (χ4v) is 3.16. The maximum absolute atomic E-state index is 8.97. The first-order chi connectivity index (χ1) is 8.76. The molecule has 3 heteroatoms. The maximum atomic E-state index is 8.97. The van der Waals surface area contributed by atoms with Gasteiger partial charge in [0.15, 0.2) is 0 Å².